The molecule has 0 radical (unpaired) electrons. The molecule has 1 aromatic heterocycles. The number of nitrogens with two attached hydrogens (primary N) is 1. The topological polar surface area (TPSA) is 42.2 Å². The molecule has 1 aromatic rings. The lowest BCUT2D eigenvalue weighted by Gasteiger charge is -2.26. The molecular weight excluding hydrogens is 206 g/mol. The van der Waals surface area contributed by atoms with E-state index in [1.807, 2.05) is 0 Å². The first-order valence-corrected chi connectivity index (χ1v) is 6.60. The van der Waals surface area contributed by atoms with E-state index in [9.17, 15) is 0 Å². The zero-order chi connectivity index (χ0) is 10.7. The second-order valence-electron chi connectivity index (χ2n) is 4.22. The van der Waals surface area contributed by atoms with Crippen molar-refractivity contribution >= 4 is 16.5 Å². The first-order valence-electron chi connectivity index (χ1n) is 5.72. The van der Waals surface area contributed by atoms with Gasteiger partial charge in [0.05, 0.1) is 5.69 Å². The molecule has 0 saturated carbocycles. The van der Waals surface area contributed by atoms with Crippen LogP contribution in [0.15, 0.2) is 5.38 Å². The third-order valence-electron chi connectivity index (χ3n) is 3.05. The van der Waals surface area contributed by atoms with Crippen LogP contribution in [0.3, 0.4) is 0 Å². The molecule has 1 unspecified atom stereocenters. The third kappa shape index (κ3) is 2.49. The van der Waals surface area contributed by atoms with E-state index < -0.39 is 0 Å². The summed E-state index contributed by atoms with van der Waals surface area (Å²) in [5.41, 5.74) is 6.60. The van der Waals surface area contributed by atoms with Crippen molar-refractivity contribution in [3.63, 3.8) is 0 Å². The summed E-state index contributed by atoms with van der Waals surface area (Å²) in [7, 11) is 0. The maximum absolute atomic E-state index is 5.58. The Morgan fingerprint density at radius 1 is 1.53 bits per heavy atom. The van der Waals surface area contributed by atoms with Gasteiger partial charge in [-0.05, 0) is 19.8 Å². The summed E-state index contributed by atoms with van der Waals surface area (Å²) >= 11 is 1.73. The van der Waals surface area contributed by atoms with Gasteiger partial charge < -0.3 is 10.6 Å². The minimum atomic E-state index is 0.554. The van der Waals surface area contributed by atoms with E-state index in [1.165, 1.54) is 25.7 Å². The van der Waals surface area contributed by atoms with Crippen molar-refractivity contribution in [1.82, 2.24) is 4.98 Å². The van der Waals surface area contributed by atoms with Crippen molar-refractivity contribution < 1.29 is 0 Å². The van der Waals surface area contributed by atoms with Crippen LogP contribution >= 0.6 is 11.3 Å². The van der Waals surface area contributed by atoms with Gasteiger partial charge in [-0.25, -0.2) is 4.98 Å². The van der Waals surface area contributed by atoms with E-state index in [0.717, 1.165) is 17.4 Å². The number of rotatable bonds is 2. The van der Waals surface area contributed by atoms with E-state index in [0.29, 0.717) is 12.6 Å². The normalized spacial score (nSPS) is 22.8. The highest BCUT2D eigenvalue weighted by molar-refractivity contribution is 7.13. The van der Waals surface area contributed by atoms with Gasteiger partial charge in [-0.1, -0.05) is 12.8 Å². The first-order chi connectivity index (χ1) is 7.31. The molecule has 4 heteroatoms. The minimum Gasteiger partial charge on any atom is -0.345 e. The third-order valence-corrected chi connectivity index (χ3v) is 3.97. The Morgan fingerprint density at radius 3 is 3.13 bits per heavy atom. The number of nitrogens with zero attached hydrogens (tertiary/aromatic N) is 2. The number of hydrogen-bond acceptors (Lipinski definition) is 4. The Morgan fingerprint density at radius 2 is 2.40 bits per heavy atom. The van der Waals surface area contributed by atoms with Gasteiger partial charge in [0.15, 0.2) is 5.13 Å². The average molecular weight is 225 g/mol. The predicted molar refractivity (Wildman–Crippen MR) is 65.3 cm³/mol. The van der Waals surface area contributed by atoms with Crippen molar-refractivity contribution in [2.75, 3.05) is 11.4 Å². The largest absolute Gasteiger partial charge is 0.345 e. The minimum absolute atomic E-state index is 0.554. The van der Waals surface area contributed by atoms with Gasteiger partial charge in [0, 0.05) is 24.5 Å². The van der Waals surface area contributed by atoms with Gasteiger partial charge in [-0.15, -0.1) is 11.3 Å². The van der Waals surface area contributed by atoms with Gasteiger partial charge >= 0.3 is 0 Å². The monoisotopic (exact) mass is 225 g/mol. The van der Waals surface area contributed by atoms with E-state index in [-0.39, 0.29) is 0 Å². The van der Waals surface area contributed by atoms with Crippen molar-refractivity contribution in [2.24, 2.45) is 5.73 Å². The quantitative estimate of drug-likeness (QED) is 0.840. The SMILES string of the molecule is CC1CCCCCN1c1nc(CN)cs1. The van der Waals surface area contributed by atoms with Crippen LogP contribution in [0, 0.1) is 0 Å². The summed E-state index contributed by atoms with van der Waals surface area (Å²) in [4.78, 5) is 7.01. The summed E-state index contributed by atoms with van der Waals surface area (Å²) in [6, 6.07) is 0.629. The molecule has 1 saturated heterocycles. The lowest BCUT2D eigenvalue weighted by atomic mass is 10.1. The number of hydrogen-bond donors (Lipinski definition) is 1. The van der Waals surface area contributed by atoms with E-state index in [1.54, 1.807) is 11.3 Å². The highest BCUT2D eigenvalue weighted by Gasteiger charge is 2.19. The highest BCUT2D eigenvalue weighted by atomic mass is 32.1. The molecule has 0 aromatic carbocycles. The Balaban J connectivity index is 2.12. The number of aromatic nitrogens is 1. The molecule has 1 fully saturated rings. The van der Waals surface area contributed by atoms with Crippen LogP contribution in [-0.4, -0.2) is 17.6 Å². The standard InChI is InChI=1S/C11H19N3S/c1-9-5-3-2-4-6-14(9)11-13-10(7-12)8-15-11/h8-9H,2-7,12H2,1H3. The smallest absolute Gasteiger partial charge is 0.185 e. The maximum Gasteiger partial charge on any atom is 0.185 e. The molecule has 2 heterocycles. The lowest BCUT2D eigenvalue weighted by Crippen LogP contribution is -2.32. The fourth-order valence-electron chi connectivity index (χ4n) is 2.08. The molecule has 1 atom stereocenters. The first kappa shape index (κ1) is 10.9. The Bertz CT molecular complexity index is 311. The molecule has 3 nitrogen and oxygen atoms in total. The van der Waals surface area contributed by atoms with Gasteiger partial charge in [0.1, 0.15) is 0 Å². The molecule has 0 aliphatic carbocycles. The van der Waals surface area contributed by atoms with E-state index in [2.05, 4.69) is 22.2 Å². The average Bonchev–Trinajstić information content (AvgIpc) is 2.62. The summed E-state index contributed by atoms with van der Waals surface area (Å²) in [5.74, 6) is 0. The van der Waals surface area contributed by atoms with Crippen LogP contribution in [0.25, 0.3) is 0 Å². The zero-order valence-corrected chi connectivity index (χ0v) is 10.1. The van der Waals surface area contributed by atoms with E-state index in [4.69, 9.17) is 5.73 Å². The molecule has 2 rings (SSSR count). The van der Waals surface area contributed by atoms with Crippen molar-refractivity contribution in [1.29, 1.82) is 0 Å². The second kappa shape index (κ2) is 4.94. The highest BCUT2D eigenvalue weighted by Crippen LogP contribution is 2.26. The molecule has 2 N–H and O–H groups in total. The van der Waals surface area contributed by atoms with Crippen LogP contribution in [0.4, 0.5) is 5.13 Å². The fraction of sp³-hybridized carbons (Fsp3) is 0.727. The summed E-state index contributed by atoms with van der Waals surface area (Å²) < 4.78 is 0. The molecule has 0 bridgehead atoms. The number of thiazole rings is 1. The van der Waals surface area contributed by atoms with Crippen molar-refractivity contribution in [3.05, 3.63) is 11.1 Å². The number of anilines is 1. The fourth-order valence-corrected chi connectivity index (χ4v) is 3.05. The maximum atomic E-state index is 5.58. The summed E-state index contributed by atoms with van der Waals surface area (Å²) in [6.45, 7) is 4.01. The zero-order valence-electron chi connectivity index (χ0n) is 9.28. The van der Waals surface area contributed by atoms with Crippen LogP contribution in [0.5, 0.6) is 0 Å². The summed E-state index contributed by atoms with van der Waals surface area (Å²) in [6.07, 6.45) is 5.29. The molecular formula is C11H19N3S. The molecule has 0 spiro atoms. The van der Waals surface area contributed by atoms with Crippen molar-refractivity contribution in [3.8, 4) is 0 Å². The molecule has 0 amide bonds. The van der Waals surface area contributed by atoms with Gasteiger partial charge in [0.2, 0.25) is 0 Å². The second-order valence-corrected chi connectivity index (χ2v) is 5.05. The van der Waals surface area contributed by atoms with Crippen LogP contribution < -0.4 is 10.6 Å². The van der Waals surface area contributed by atoms with Gasteiger partial charge in [-0.2, -0.15) is 0 Å². The van der Waals surface area contributed by atoms with Crippen LogP contribution in [-0.2, 0) is 6.54 Å². The van der Waals surface area contributed by atoms with Gasteiger partial charge in [0.25, 0.3) is 0 Å². The van der Waals surface area contributed by atoms with Crippen molar-refractivity contribution in [2.45, 2.75) is 45.2 Å². The Kier molecular flexibility index (Phi) is 3.59. The molecule has 84 valence electrons. The van der Waals surface area contributed by atoms with E-state index >= 15 is 0 Å². The molecule has 1 aliphatic heterocycles. The Hall–Kier alpha value is -0.610. The van der Waals surface area contributed by atoms with Gasteiger partial charge in [-0.3, -0.25) is 0 Å². The predicted octanol–water partition coefficient (Wildman–Crippen LogP) is 2.37. The Labute approximate surface area is 95.3 Å². The summed E-state index contributed by atoms with van der Waals surface area (Å²) in [5, 5.41) is 3.23. The lowest BCUT2D eigenvalue weighted by molar-refractivity contribution is 0.614. The molecule has 15 heavy (non-hydrogen) atoms. The molecule has 1 aliphatic rings. The van der Waals surface area contributed by atoms with Crippen LogP contribution in [0.1, 0.15) is 38.3 Å². The van der Waals surface area contributed by atoms with Crippen LogP contribution in [0.2, 0.25) is 0 Å².